The molecule has 1 nitrogen and oxygen atoms in total. The Kier molecular flexibility index (Phi) is 4.93. The molecule has 0 heterocycles. The summed E-state index contributed by atoms with van der Waals surface area (Å²) < 4.78 is 0. The first-order chi connectivity index (χ1) is 8.29. The standard InChI is InChI=1S/C15H23NS/c1-12-8-14(9-16)6-7-15(12)11-17-10-13-4-2-3-5-13/h6-8,13H,2-5,9-11,16H2,1H3. The summed E-state index contributed by atoms with van der Waals surface area (Å²) in [5, 5.41) is 0. The van der Waals surface area contributed by atoms with Crippen molar-refractivity contribution in [2.24, 2.45) is 11.7 Å². The van der Waals surface area contributed by atoms with Gasteiger partial charge in [-0.2, -0.15) is 11.8 Å². The lowest BCUT2D eigenvalue weighted by Gasteiger charge is -2.10. The summed E-state index contributed by atoms with van der Waals surface area (Å²) >= 11 is 2.10. The zero-order chi connectivity index (χ0) is 12.1. The van der Waals surface area contributed by atoms with E-state index in [9.17, 15) is 0 Å². The molecule has 1 saturated carbocycles. The Morgan fingerprint density at radius 1 is 1.29 bits per heavy atom. The number of hydrogen-bond donors (Lipinski definition) is 1. The van der Waals surface area contributed by atoms with E-state index in [-0.39, 0.29) is 0 Å². The maximum atomic E-state index is 5.65. The predicted octanol–water partition coefficient (Wildman–Crippen LogP) is 3.88. The van der Waals surface area contributed by atoms with Crippen LogP contribution in [0.5, 0.6) is 0 Å². The third kappa shape index (κ3) is 3.75. The molecule has 1 aromatic carbocycles. The average molecular weight is 249 g/mol. The SMILES string of the molecule is Cc1cc(CN)ccc1CSCC1CCCC1. The molecule has 2 N–H and O–H groups in total. The first-order valence-corrected chi connectivity index (χ1v) is 7.81. The highest BCUT2D eigenvalue weighted by atomic mass is 32.2. The van der Waals surface area contributed by atoms with Gasteiger partial charge in [-0.1, -0.05) is 31.0 Å². The molecule has 0 atom stereocenters. The molecule has 0 aromatic heterocycles. The van der Waals surface area contributed by atoms with Gasteiger partial charge in [-0.15, -0.1) is 0 Å². The van der Waals surface area contributed by atoms with Crippen LogP contribution < -0.4 is 5.73 Å². The highest BCUT2D eigenvalue weighted by molar-refractivity contribution is 7.98. The van der Waals surface area contributed by atoms with Crippen molar-refractivity contribution in [1.82, 2.24) is 0 Å². The van der Waals surface area contributed by atoms with Crippen LogP contribution in [0.3, 0.4) is 0 Å². The molecule has 0 spiro atoms. The lowest BCUT2D eigenvalue weighted by atomic mass is 10.1. The van der Waals surface area contributed by atoms with E-state index >= 15 is 0 Å². The summed E-state index contributed by atoms with van der Waals surface area (Å²) in [6.07, 6.45) is 5.82. The predicted molar refractivity (Wildman–Crippen MR) is 77.2 cm³/mol. The molecule has 94 valence electrons. The van der Waals surface area contributed by atoms with Gasteiger partial charge < -0.3 is 5.73 Å². The van der Waals surface area contributed by atoms with Gasteiger partial charge in [0.15, 0.2) is 0 Å². The van der Waals surface area contributed by atoms with Gasteiger partial charge in [0.1, 0.15) is 0 Å². The van der Waals surface area contributed by atoms with Crippen LogP contribution in [0.4, 0.5) is 0 Å². The fourth-order valence-electron chi connectivity index (χ4n) is 2.56. The molecule has 1 fully saturated rings. The van der Waals surface area contributed by atoms with Crippen molar-refractivity contribution in [2.45, 2.75) is 44.9 Å². The Labute approximate surface area is 109 Å². The fourth-order valence-corrected chi connectivity index (χ4v) is 3.89. The molecule has 2 rings (SSSR count). The summed E-state index contributed by atoms with van der Waals surface area (Å²) in [6.45, 7) is 2.85. The van der Waals surface area contributed by atoms with Crippen molar-refractivity contribution in [3.05, 3.63) is 34.9 Å². The molecule has 1 aromatic rings. The van der Waals surface area contributed by atoms with Crippen LogP contribution in [0.25, 0.3) is 0 Å². The molecule has 0 saturated heterocycles. The van der Waals surface area contributed by atoms with Crippen molar-refractivity contribution >= 4 is 11.8 Å². The van der Waals surface area contributed by atoms with Crippen molar-refractivity contribution in [3.63, 3.8) is 0 Å². The lowest BCUT2D eigenvalue weighted by Crippen LogP contribution is -1.99. The van der Waals surface area contributed by atoms with Crippen molar-refractivity contribution in [2.75, 3.05) is 5.75 Å². The van der Waals surface area contributed by atoms with Gasteiger partial charge in [0.25, 0.3) is 0 Å². The van der Waals surface area contributed by atoms with Crippen LogP contribution in [0.1, 0.15) is 42.4 Å². The summed E-state index contributed by atoms with van der Waals surface area (Å²) in [5.41, 5.74) is 9.76. The normalized spacial score (nSPS) is 16.6. The summed E-state index contributed by atoms with van der Waals surface area (Å²) in [7, 11) is 0. The second kappa shape index (κ2) is 6.46. The van der Waals surface area contributed by atoms with Crippen LogP contribution in [-0.2, 0) is 12.3 Å². The van der Waals surface area contributed by atoms with Gasteiger partial charge in [0.05, 0.1) is 0 Å². The first-order valence-electron chi connectivity index (χ1n) is 6.66. The average Bonchev–Trinajstić information content (AvgIpc) is 2.84. The van der Waals surface area contributed by atoms with Gasteiger partial charge >= 0.3 is 0 Å². The van der Waals surface area contributed by atoms with Gasteiger partial charge in [-0.05, 0) is 48.1 Å². The second-order valence-electron chi connectivity index (χ2n) is 5.13. The Morgan fingerprint density at radius 2 is 2.06 bits per heavy atom. The number of nitrogens with two attached hydrogens (primary N) is 1. The molecule has 0 aliphatic heterocycles. The van der Waals surface area contributed by atoms with Gasteiger partial charge in [0.2, 0.25) is 0 Å². The molecule has 17 heavy (non-hydrogen) atoms. The Bertz CT molecular complexity index is 356. The van der Waals surface area contributed by atoms with E-state index in [1.807, 2.05) is 0 Å². The molecule has 1 aliphatic carbocycles. The molecular formula is C15H23NS. The number of rotatable bonds is 5. The van der Waals surface area contributed by atoms with E-state index in [0.717, 1.165) is 11.7 Å². The number of benzene rings is 1. The third-order valence-corrected chi connectivity index (χ3v) is 4.95. The van der Waals surface area contributed by atoms with Crippen molar-refractivity contribution < 1.29 is 0 Å². The van der Waals surface area contributed by atoms with E-state index in [1.165, 1.54) is 48.1 Å². The number of aryl methyl sites for hydroxylation is 1. The van der Waals surface area contributed by atoms with Gasteiger partial charge in [-0.25, -0.2) is 0 Å². The highest BCUT2D eigenvalue weighted by Gasteiger charge is 2.14. The van der Waals surface area contributed by atoms with E-state index in [2.05, 4.69) is 36.9 Å². The Morgan fingerprint density at radius 3 is 2.71 bits per heavy atom. The second-order valence-corrected chi connectivity index (χ2v) is 6.16. The van der Waals surface area contributed by atoms with Crippen molar-refractivity contribution in [1.29, 1.82) is 0 Å². The van der Waals surface area contributed by atoms with Crippen LogP contribution >= 0.6 is 11.8 Å². The van der Waals surface area contributed by atoms with E-state index in [1.54, 1.807) is 0 Å². The maximum absolute atomic E-state index is 5.65. The van der Waals surface area contributed by atoms with Crippen LogP contribution in [0.2, 0.25) is 0 Å². The molecule has 0 radical (unpaired) electrons. The maximum Gasteiger partial charge on any atom is 0.0187 e. The van der Waals surface area contributed by atoms with E-state index < -0.39 is 0 Å². The molecule has 2 heteroatoms. The summed E-state index contributed by atoms with van der Waals surface area (Å²) in [6, 6.07) is 6.64. The van der Waals surface area contributed by atoms with Gasteiger partial charge in [-0.3, -0.25) is 0 Å². The van der Waals surface area contributed by atoms with Gasteiger partial charge in [0, 0.05) is 12.3 Å². The zero-order valence-electron chi connectivity index (χ0n) is 10.7. The monoisotopic (exact) mass is 249 g/mol. The fraction of sp³-hybridized carbons (Fsp3) is 0.600. The number of hydrogen-bond acceptors (Lipinski definition) is 2. The minimum absolute atomic E-state index is 0.649. The molecule has 0 unspecified atom stereocenters. The molecular weight excluding hydrogens is 226 g/mol. The lowest BCUT2D eigenvalue weighted by molar-refractivity contribution is 0.623. The zero-order valence-corrected chi connectivity index (χ0v) is 11.6. The highest BCUT2D eigenvalue weighted by Crippen LogP contribution is 2.29. The minimum Gasteiger partial charge on any atom is -0.326 e. The summed E-state index contributed by atoms with van der Waals surface area (Å²) in [5.74, 6) is 3.49. The smallest absolute Gasteiger partial charge is 0.0187 e. The molecule has 0 amide bonds. The van der Waals surface area contributed by atoms with Crippen molar-refractivity contribution in [3.8, 4) is 0 Å². The quantitative estimate of drug-likeness (QED) is 0.857. The van der Waals surface area contributed by atoms with Crippen LogP contribution in [0, 0.1) is 12.8 Å². The van der Waals surface area contributed by atoms with E-state index in [0.29, 0.717) is 6.54 Å². The van der Waals surface area contributed by atoms with Crippen LogP contribution in [0.15, 0.2) is 18.2 Å². The van der Waals surface area contributed by atoms with Crippen LogP contribution in [-0.4, -0.2) is 5.75 Å². The molecule has 0 bridgehead atoms. The molecule has 1 aliphatic rings. The first kappa shape index (κ1) is 13.0. The topological polar surface area (TPSA) is 26.0 Å². The Hall–Kier alpha value is -0.470. The minimum atomic E-state index is 0.649. The summed E-state index contributed by atoms with van der Waals surface area (Å²) in [4.78, 5) is 0. The van der Waals surface area contributed by atoms with E-state index in [4.69, 9.17) is 5.73 Å². The number of thioether (sulfide) groups is 1. The third-order valence-electron chi connectivity index (χ3n) is 3.73. The largest absolute Gasteiger partial charge is 0.326 e. The Balaban J connectivity index is 1.81.